The van der Waals surface area contributed by atoms with Crippen molar-refractivity contribution in [3.63, 3.8) is 0 Å². The lowest BCUT2D eigenvalue weighted by molar-refractivity contribution is 0.0941. The number of carbonyl (C=O) groups excluding carboxylic acids is 1. The summed E-state index contributed by atoms with van der Waals surface area (Å²) in [5.74, 6) is 0.0624. The number of aryl methyl sites for hydroxylation is 2. The van der Waals surface area contributed by atoms with Gasteiger partial charge in [-0.2, -0.15) is 0 Å². The molecule has 1 aliphatic heterocycles. The summed E-state index contributed by atoms with van der Waals surface area (Å²) in [4.78, 5) is 12.1. The van der Waals surface area contributed by atoms with Gasteiger partial charge in [0.05, 0.1) is 0 Å². The highest BCUT2D eigenvalue weighted by Crippen LogP contribution is 2.44. The van der Waals surface area contributed by atoms with E-state index in [9.17, 15) is 9.90 Å². The molecule has 3 atom stereocenters. The van der Waals surface area contributed by atoms with Gasteiger partial charge in [-0.3, -0.25) is 4.79 Å². The quantitative estimate of drug-likeness (QED) is 0.560. The Kier molecular flexibility index (Phi) is 2.17. The molecule has 0 saturated carbocycles. The van der Waals surface area contributed by atoms with E-state index in [0.29, 0.717) is 5.56 Å². The maximum Gasteiger partial charge on any atom is 0.194 e. The second-order valence-electron chi connectivity index (χ2n) is 5.60. The van der Waals surface area contributed by atoms with Crippen LogP contribution in [-0.4, -0.2) is 23.1 Å². The van der Waals surface area contributed by atoms with Crippen LogP contribution in [0.1, 0.15) is 52.4 Å². The summed E-state index contributed by atoms with van der Waals surface area (Å²) in [7, 11) is 0. The van der Waals surface area contributed by atoms with Crippen molar-refractivity contribution in [2.45, 2.75) is 50.4 Å². The SMILES string of the molecule is O=C1c2cc3c(cc2[C@H](O)[C@@H]2O[C@H]12)CCCCC3. The highest BCUT2D eigenvalue weighted by Gasteiger charge is 2.54. The molecule has 0 aromatic heterocycles. The van der Waals surface area contributed by atoms with Gasteiger partial charge >= 0.3 is 0 Å². The first-order chi connectivity index (χ1) is 8.75. The predicted octanol–water partition coefficient (Wildman–Crippen LogP) is 1.95. The van der Waals surface area contributed by atoms with Crippen molar-refractivity contribution in [3.8, 4) is 0 Å². The van der Waals surface area contributed by atoms with E-state index in [1.54, 1.807) is 0 Å². The Morgan fingerprint density at radius 1 is 1.11 bits per heavy atom. The molecular formula is C15H16O3. The van der Waals surface area contributed by atoms with Crippen LogP contribution < -0.4 is 0 Å². The molecule has 1 aromatic rings. The molecule has 94 valence electrons. The van der Waals surface area contributed by atoms with Crippen molar-refractivity contribution in [1.82, 2.24) is 0 Å². The van der Waals surface area contributed by atoms with Crippen LogP contribution in [0.4, 0.5) is 0 Å². The summed E-state index contributed by atoms with van der Waals surface area (Å²) in [5, 5.41) is 10.2. The first-order valence-electron chi connectivity index (χ1n) is 6.79. The smallest absolute Gasteiger partial charge is 0.194 e. The van der Waals surface area contributed by atoms with Crippen LogP contribution in [0.3, 0.4) is 0 Å². The largest absolute Gasteiger partial charge is 0.386 e. The zero-order chi connectivity index (χ0) is 12.3. The van der Waals surface area contributed by atoms with E-state index in [2.05, 4.69) is 6.07 Å². The standard InChI is InChI=1S/C15H16O3/c16-12-10-6-8-4-2-1-3-5-9(8)7-11(10)13(17)15-14(12)18-15/h6-7,12,14-16H,1-5H2/t12-,14-,15+/m0/s1. The Hall–Kier alpha value is -1.19. The number of aliphatic hydroxyl groups is 1. The lowest BCUT2D eigenvalue weighted by Gasteiger charge is -2.20. The topological polar surface area (TPSA) is 49.8 Å². The number of Topliss-reactive ketones (excluding diaryl/α,β-unsaturated/α-hetero) is 1. The molecule has 0 bridgehead atoms. The zero-order valence-electron chi connectivity index (χ0n) is 10.2. The second kappa shape index (κ2) is 3.65. The maximum atomic E-state index is 12.1. The van der Waals surface area contributed by atoms with E-state index in [1.165, 1.54) is 30.4 Å². The summed E-state index contributed by atoms with van der Waals surface area (Å²) in [6.07, 6.45) is 4.51. The third-order valence-corrected chi connectivity index (χ3v) is 4.44. The zero-order valence-corrected chi connectivity index (χ0v) is 10.2. The summed E-state index contributed by atoms with van der Waals surface area (Å²) in [6.45, 7) is 0. The summed E-state index contributed by atoms with van der Waals surface area (Å²) < 4.78 is 5.27. The molecule has 0 spiro atoms. The number of epoxide rings is 1. The molecule has 18 heavy (non-hydrogen) atoms. The molecule has 2 aliphatic carbocycles. The normalized spacial score (nSPS) is 33.2. The number of ketones is 1. The molecule has 3 nitrogen and oxygen atoms in total. The van der Waals surface area contributed by atoms with Crippen molar-refractivity contribution >= 4 is 5.78 Å². The number of benzene rings is 1. The molecule has 0 unspecified atom stereocenters. The number of hydrogen-bond donors (Lipinski definition) is 1. The number of ether oxygens (including phenoxy) is 1. The molecular weight excluding hydrogens is 228 g/mol. The van der Waals surface area contributed by atoms with Gasteiger partial charge in [0.2, 0.25) is 0 Å². The Balaban J connectivity index is 1.86. The molecule has 1 heterocycles. The third kappa shape index (κ3) is 1.41. The fraction of sp³-hybridized carbons (Fsp3) is 0.533. The van der Waals surface area contributed by atoms with Gasteiger partial charge in [0, 0.05) is 5.56 Å². The van der Waals surface area contributed by atoms with Crippen LogP contribution in [-0.2, 0) is 17.6 Å². The van der Waals surface area contributed by atoms with Gasteiger partial charge in [0.15, 0.2) is 5.78 Å². The minimum atomic E-state index is -0.615. The minimum Gasteiger partial charge on any atom is -0.386 e. The first-order valence-corrected chi connectivity index (χ1v) is 6.79. The molecule has 3 heteroatoms. The number of rotatable bonds is 0. The van der Waals surface area contributed by atoms with Crippen molar-refractivity contribution in [2.24, 2.45) is 0 Å². The van der Waals surface area contributed by atoms with E-state index >= 15 is 0 Å². The number of fused-ring (bicyclic) bond motifs is 3. The van der Waals surface area contributed by atoms with Crippen LogP contribution in [0.2, 0.25) is 0 Å². The molecule has 0 radical (unpaired) electrons. The van der Waals surface area contributed by atoms with Gasteiger partial charge in [-0.1, -0.05) is 12.5 Å². The van der Waals surface area contributed by atoms with E-state index in [0.717, 1.165) is 18.4 Å². The third-order valence-electron chi connectivity index (χ3n) is 4.44. The van der Waals surface area contributed by atoms with Gasteiger partial charge < -0.3 is 9.84 Å². The van der Waals surface area contributed by atoms with Crippen LogP contribution in [0.5, 0.6) is 0 Å². The van der Waals surface area contributed by atoms with E-state index < -0.39 is 6.10 Å². The highest BCUT2D eigenvalue weighted by molar-refractivity contribution is 6.04. The highest BCUT2D eigenvalue weighted by atomic mass is 16.6. The fourth-order valence-electron chi connectivity index (χ4n) is 3.34. The average molecular weight is 244 g/mol. The maximum absolute atomic E-state index is 12.1. The van der Waals surface area contributed by atoms with Crippen LogP contribution in [0.15, 0.2) is 12.1 Å². The lowest BCUT2D eigenvalue weighted by atomic mass is 9.84. The monoisotopic (exact) mass is 244 g/mol. The fourth-order valence-corrected chi connectivity index (χ4v) is 3.34. The van der Waals surface area contributed by atoms with Crippen molar-refractivity contribution in [2.75, 3.05) is 0 Å². The lowest BCUT2D eigenvalue weighted by Crippen LogP contribution is -2.25. The van der Waals surface area contributed by atoms with Gasteiger partial charge in [-0.25, -0.2) is 0 Å². The van der Waals surface area contributed by atoms with Crippen molar-refractivity contribution in [3.05, 3.63) is 34.4 Å². The Morgan fingerprint density at radius 2 is 1.83 bits per heavy atom. The van der Waals surface area contributed by atoms with Crippen LogP contribution >= 0.6 is 0 Å². The summed E-state index contributed by atoms with van der Waals surface area (Å²) >= 11 is 0. The van der Waals surface area contributed by atoms with Gasteiger partial charge in [0.25, 0.3) is 0 Å². The second-order valence-corrected chi connectivity index (χ2v) is 5.60. The van der Waals surface area contributed by atoms with Gasteiger partial charge in [0.1, 0.15) is 18.3 Å². The molecule has 4 rings (SSSR count). The van der Waals surface area contributed by atoms with Gasteiger partial charge in [-0.05, 0) is 48.4 Å². The van der Waals surface area contributed by atoms with E-state index in [4.69, 9.17) is 4.74 Å². The Bertz CT molecular complexity index is 535. The Labute approximate surface area is 106 Å². The van der Waals surface area contributed by atoms with Gasteiger partial charge in [-0.15, -0.1) is 0 Å². The Morgan fingerprint density at radius 3 is 2.61 bits per heavy atom. The van der Waals surface area contributed by atoms with Crippen molar-refractivity contribution in [1.29, 1.82) is 0 Å². The summed E-state index contributed by atoms with van der Waals surface area (Å²) in [5.41, 5.74) is 4.10. The predicted molar refractivity (Wildman–Crippen MR) is 65.7 cm³/mol. The minimum absolute atomic E-state index is 0.0624. The number of aliphatic hydroxyl groups excluding tert-OH is 1. The van der Waals surface area contributed by atoms with E-state index in [1.807, 2.05) is 6.07 Å². The average Bonchev–Trinajstić information content (AvgIpc) is 3.18. The first kappa shape index (κ1) is 10.7. The molecule has 1 N–H and O–H groups in total. The van der Waals surface area contributed by atoms with E-state index in [-0.39, 0.29) is 18.0 Å². The number of hydrogen-bond acceptors (Lipinski definition) is 3. The molecule has 0 amide bonds. The number of carbonyl (C=O) groups is 1. The van der Waals surface area contributed by atoms with Crippen LogP contribution in [0, 0.1) is 0 Å². The molecule has 1 saturated heterocycles. The molecule has 1 fully saturated rings. The van der Waals surface area contributed by atoms with Crippen LogP contribution in [0.25, 0.3) is 0 Å². The molecule has 1 aromatic carbocycles. The molecule has 3 aliphatic rings. The van der Waals surface area contributed by atoms with Crippen molar-refractivity contribution < 1.29 is 14.6 Å². The summed E-state index contributed by atoms with van der Waals surface area (Å²) in [6, 6.07) is 4.07.